The summed E-state index contributed by atoms with van der Waals surface area (Å²) in [6, 6.07) is 8.88. The van der Waals surface area contributed by atoms with Crippen LogP contribution in [-0.2, 0) is 0 Å². The van der Waals surface area contributed by atoms with Gasteiger partial charge in [-0.05, 0) is 37.6 Å². The fourth-order valence-electron chi connectivity index (χ4n) is 2.49. The van der Waals surface area contributed by atoms with Crippen LogP contribution in [0.4, 0.5) is 10.6 Å². The molecule has 0 aliphatic carbocycles. The van der Waals surface area contributed by atoms with Gasteiger partial charge in [-0.25, -0.2) is 9.48 Å². The molecule has 1 aliphatic heterocycles. The predicted molar refractivity (Wildman–Crippen MR) is 84.5 cm³/mol. The Hall–Kier alpha value is -2.05. The van der Waals surface area contributed by atoms with Gasteiger partial charge in [0.05, 0.1) is 11.8 Å². The van der Waals surface area contributed by atoms with Crippen molar-refractivity contribution >= 4 is 23.4 Å². The maximum absolute atomic E-state index is 12.1. The molecule has 0 saturated carbocycles. The molecule has 22 heavy (non-hydrogen) atoms. The molecule has 1 aromatic carbocycles. The molecule has 1 saturated heterocycles. The molecule has 0 bridgehead atoms. The Kier molecular flexibility index (Phi) is 4.04. The van der Waals surface area contributed by atoms with Crippen LogP contribution in [0.15, 0.2) is 30.3 Å². The van der Waals surface area contributed by atoms with Gasteiger partial charge in [0.25, 0.3) is 0 Å². The number of β-amino-alcohol motifs (C(OH)–C–C–N with tert-alkyl or cyclic N) is 1. The number of amides is 2. The summed E-state index contributed by atoms with van der Waals surface area (Å²) in [5, 5.41) is 17.3. The zero-order valence-electron chi connectivity index (χ0n) is 12.2. The summed E-state index contributed by atoms with van der Waals surface area (Å²) in [5.41, 5.74) is 1.78. The molecule has 1 aliphatic rings. The number of halogens is 1. The number of aryl methyl sites for hydroxylation is 1. The first kappa shape index (κ1) is 14.9. The number of likely N-dealkylation sites (tertiary alicyclic amines) is 1. The number of anilines is 1. The number of nitrogens with zero attached hydrogens (tertiary/aromatic N) is 3. The highest BCUT2D eigenvalue weighted by Crippen LogP contribution is 2.18. The van der Waals surface area contributed by atoms with Gasteiger partial charge in [0, 0.05) is 29.9 Å². The van der Waals surface area contributed by atoms with E-state index in [2.05, 4.69) is 10.4 Å². The molecule has 1 fully saturated rings. The van der Waals surface area contributed by atoms with E-state index in [0.717, 1.165) is 11.4 Å². The first-order valence-electron chi connectivity index (χ1n) is 7.09. The number of rotatable bonds is 2. The standard InChI is InChI=1S/C15H17ClN4O2/c1-10-8-14(17-15(22)19-7-6-13(21)9-19)18-20(10)12-4-2-11(16)3-5-12/h2-5,8,13,21H,6-7,9H2,1H3,(H,17,18,22)/t13-/m1/s1. The van der Waals surface area contributed by atoms with Crippen LogP contribution in [0, 0.1) is 6.92 Å². The molecule has 0 unspecified atom stereocenters. The second-order valence-electron chi connectivity index (χ2n) is 5.38. The summed E-state index contributed by atoms with van der Waals surface area (Å²) in [6.45, 7) is 2.84. The summed E-state index contributed by atoms with van der Waals surface area (Å²) >= 11 is 5.88. The minimum atomic E-state index is -0.431. The Balaban J connectivity index is 1.75. The number of carbonyl (C=O) groups is 1. The first-order valence-corrected chi connectivity index (χ1v) is 7.47. The van der Waals surface area contributed by atoms with Crippen LogP contribution >= 0.6 is 11.6 Å². The molecule has 116 valence electrons. The number of urea groups is 1. The summed E-state index contributed by atoms with van der Waals surface area (Å²) in [5.74, 6) is 0.485. The summed E-state index contributed by atoms with van der Waals surface area (Å²) in [7, 11) is 0. The first-order chi connectivity index (χ1) is 10.5. The van der Waals surface area contributed by atoms with Crippen LogP contribution in [0.25, 0.3) is 5.69 Å². The monoisotopic (exact) mass is 320 g/mol. The van der Waals surface area contributed by atoms with E-state index in [0.29, 0.717) is 30.4 Å². The van der Waals surface area contributed by atoms with Crippen molar-refractivity contribution in [3.8, 4) is 5.69 Å². The molecule has 2 N–H and O–H groups in total. The van der Waals surface area contributed by atoms with E-state index < -0.39 is 6.10 Å². The molecule has 6 nitrogen and oxygen atoms in total. The minimum absolute atomic E-state index is 0.239. The zero-order chi connectivity index (χ0) is 15.7. The maximum atomic E-state index is 12.1. The highest BCUT2D eigenvalue weighted by atomic mass is 35.5. The molecule has 1 aromatic heterocycles. The van der Waals surface area contributed by atoms with E-state index in [4.69, 9.17) is 11.6 Å². The van der Waals surface area contributed by atoms with Crippen LogP contribution < -0.4 is 5.32 Å². The van der Waals surface area contributed by atoms with Crippen molar-refractivity contribution in [3.63, 3.8) is 0 Å². The fourth-order valence-corrected chi connectivity index (χ4v) is 2.62. The number of nitrogens with one attached hydrogen (secondary N) is 1. The second kappa shape index (κ2) is 5.98. The van der Waals surface area contributed by atoms with Crippen molar-refractivity contribution in [1.82, 2.24) is 14.7 Å². The highest BCUT2D eigenvalue weighted by molar-refractivity contribution is 6.30. The van der Waals surface area contributed by atoms with Crippen molar-refractivity contribution in [3.05, 3.63) is 41.0 Å². The van der Waals surface area contributed by atoms with E-state index in [1.54, 1.807) is 27.8 Å². The minimum Gasteiger partial charge on any atom is -0.391 e. The lowest BCUT2D eigenvalue weighted by Crippen LogP contribution is -2.33. The van der Waals surface area contributed by atoms with Gasteiger partial charge in [0.2, 0.25) is 0 Å². The summed E-state index contributed by atoms with van der Waals surface area (Å²) in [6.07, 6.45) is 0.185. The zero-order valence-corrected chi connectivity index (χ0v) is 12.9. The maximum Gasteiger partial charge on any atom is 0.323 e. The van der Waals surface area contributed by atoms with Crippen LogP contribution in [0.3, 0.4) is 0 Å². The van der Waals surface area contributed by atoms with E-state index in [-0.39, 0.29) is 6.03 Å². The number of aromatic nitrogens is 2. The van der Waals surface area contributed by atoms with Crippen LogP contribution in [0.5, 0.6) is 0 Å². The van der Waals surface area contributed by atoms with Gasteiger partial charge in [-0.1, -0.05) is 11.6 Å². The molecule has 3 rings (SSSR count). The SMILES string of the molecule is Cc1cc(NC(=O)N2CC[C@@H](O)C2)nn1-c1ccc(Cl)cc1. The lowest BCUT2D eigenvalue weighted by molar-refractivity contribution is 0.176. The molecule has 7 heteroatoms. The Morgan fingerprint density at radius 2 is 2.14 bits per heavy atom. The number of carbonyl (C=O) groups excluding carboxylic acids is 1. The smallest absolute Gasteiger partial charge is 0.323 e. The highest BCUT2D eigenvalue weighted by Gasteiger charge is 2.25. The Bertz CT molecular complexity index is 683. The van der Waals surface area contributed by atoms with Gasteiger partial charge in [0.1, 0.15) is 0 Å². The quantitative estimate of drug-likeness (QED) is 0.893. The number of aliphatic hydroxyl groups is 1. The number of hydrogen-bond acceptors (Lipinski definition) is 3. The van der Waals surface area contributed by atoms with E-state index >= 15 is 0 Å². The molecular formula is C15H17ClN4O2. The average Bonchev–Trinajstić information content (AvgIpc) is 3.06. The summed E-state index contributed by atoms with van der Waals surface area (Å²) in [4.78, 5) is 13.7. The van der Waals surface area contributed by atoms with Crippen LogP contribution in [-0.4, -0.2) is 45.0 Å². The molecule has 2 amide bonds. The van der Waals surface area contributed by atoms with Gasteiger partial charge >= 0.3 is 6.03 Å². The van der Waals surface area contributed by atoms with E-state index in [1.165, 1.54) is 0 Å². The largest absolute Gasteiger partial charge is 0.391 e. The lowest BCUT2D eigenvalue weighted by atomic mass is 10.3. The second-order valence-corrected chi connectivity index (χ2v) is 5.81. The van der Waals surface area contributed by atoms with Gasteiger partial charge in [-0.2, -0.15) is 0 Å². The third kappa shape index (κ3) is 3.08. The van der Waals surface area contributed by atoms with Gasteiger partial charge in [-0.3, -0.25) is 5.32 Å². The topological polar surface area (TPSA) is 70.4 Å². The third-order valence-electron chi connectivity index (χ3n) is 3.64. The fraction of sp³-hybridized carbons (Fsp3) is 0.333. The Morgan fingerprint density at radius 1 is 1.41 bits per heavy atom. The van der Waals surface area contributed by atoms with E-state index in [9.17, 15) is 9.90 Å². The van der Waals surface area contributed by atoms with Gasteiger partial charge in [-0.15, -0.1) is 5.10 Å². The molecular weight excluding hydrogens is 304 g/mol. The molecule has 1 atom stereocenters. The van der Waals surface area contributed by atoms with Crippen molar-refractivity contribution in [2.45, 2.75) is 19.4 Å². The lowest BCUT2D eigenvalue weighted by Gasteiger charge is -2.15. The van der Waals surface area contributed by atoms with Crippen molar-refractivity contribution in [2.24, 2.45) is 0 Å². The third-order valence-corrected chi connectivity index (χ3v) is 3.90. The molecule has 2 aromatic rings. The van der Waals surface area contributed by atoms with Gasteiger partial charge in [0.15, 0.2) is 5.82 Å². The number of benzene rings is 1. The van der Waals surface area contributed by atoms with E-state index in [1.807, 2.05) is 19.1 Å². The van der Waals surface area contributed by atoms with Crippen LogP contribution in [0.2, 0.25) is 5.02 Å². The number of hydrogen-bond donors (Lipinski definition) is 2. The van der Waals surface area contributed by atoms with Gasteiger partial charge < -0.3 is 10.0 Å². The van der Waals surface area contributed by atoms with Crippen LogP contribution in [0.1, 0.15) is 12.1 Å². The predicted octanol–water partition coefficient (Wildman–Crippen LogP) is 2.43. The molecule has 0 spiro atoms. The normalized spacial score (nSPS) is 17.8. The Labute approximate surface area is 133 Å². The van der Waals surface area contributed by atoms with Crippen molar-refractivity contribution < 1.29 is 9.90 Å². The number of aliphatic hydroxyl groups excluding tert-OH is 1. The van der Waals surface area contributed by atoms with Crippen molar-refractivity contribution in [1.29, 1.82) is 0 Å². The molecule has 0 radical (unpaired) electrons. The Morgan fingerprint density at radius 3 is 2.77 bits per heavy atom. The summed E-state index contributed by atoms with van der Waals surface area (Å²) < 4.78 is 1.74. The van der Waals surface area contributed by atoms with Crippen molar-refractivity contribution in [2.75, 3.05) is 18.4 Å². The molecule has 2 heterocycles. The average molecular weight is 321 g/mol.